The van der Waals surface area contributed by atoms with E-state index in [1.807, 2.05) is 0 Å². The summed E-state index contributed by atoms with van der Waals surface area (Å²) in [5.74, 6) is -0.300. The molecule has 4 nitrogen and oxygen atoms in total. The van der Waals surface area contributed by atoms with Gasteiger partial charge in [-0.05, 0) is 18.6 Å². The Morgan fingerprint density at radius 1 is 1.44 bits per heavy atom. The highest BCUT2D eigenvalue weighted by Gasteiger charge is 2.28. The maximum Gasteiger partial charge on any atom is 0.214 e. The molecule has 1 aliphatic rings. The standard InChI is InChI=1S/C10H13FN2O2S/c11-10-6-9(12)3-2-8(10)7-13-4-1-5-16(13,14)15/h2-3,6H,1,4-5,7,12H2. The summed E-state index contributed by atoms with van der Waals surface area (Å²) in [5, 5.41) is 0. The molecule has 0 saturated carbocycles. The first kappa shape index (κ1) is 11.3. The Bertz CT molecular complexity index is 502. The van der Waals surface area contributed by atoms with Gasteiger partial charge in [-0.15, -0.1) is 0 Å². The van der Waals surface area contributed by atoms with Gasteiger partial charge in [0.2, 0.25) is 10.0 Å². The Morgan fingerprint density at radius 2 is 2.19 bits per heavy atom. The van der Waals surface area contributed by atoms with Gasteiger partial charge in [0.25, 0.3) is 0 Å². The summed E-state index contributed by atoms with van der Waals surface area (Å²) in [6, 6.07) is 4.30. The highest BCUT2D eigenvalue weighted by Crippen LogP contribution is 2.20. The summed E-state index contributed by atoms with van der Waals surface area (Å²) >= 11 is 0. The molecule has 0 aromatic heterocycles. The average molecular weight is 244 g/mol. The van der Waals surface area contributed by atoms with Gasteiger partial charge in [-0.3, -0.25) is 0 Å². The Hall–Kier alpha value is -1.14. The zero-order valence-corrected chi connectivity index (χ0v) is 9.50. The van der Waals surface area contributed by atoms with Crippen molar-refractivity contribution in [1.82, 2.24) is 4.31 Å². The third-order valence-electron chi connectivity index (χ3n) is 2.63. The van der Waals surface area contributed by atoms with Crippen LogP contribution in [0, 0.1) is 5.82 Å². The molecule has 0 atom stereocenters. The van der Waals surface area contributed by atoms with E-state index in [0.717, 1.165) is 0 Å². The topological polar surface area (TPSA) is 63.4 Å². The van der Waals surface area contributed by atoms with Crippen LogP contribution in [0.4, 0.5) is 10.1 Å². The van der Waals surface area contributed by atoms with Gasteiger partial charge in [0.1, 0.15) is 5.82 Å². The molecule has 0 radical (unpaired) electrons. The molecule has 16 heavy (non-hydrogen) atoms. The van der Waals surface area contributed by atoms with Crippen molar-refractivity contribution in [3.8, 4) is 0 Å². The smallest absolute Gasteiger partial charge is 0.214 e. The molecular weight excluding hydrogens is 231 g/mol. The van der Waals surface area contributed by atoms with Gasteiger partial charge in [0.05, 0.1) is 5.75 Å². The second-order valence-electron chi connectivity index (χ2n) is 3.85. The van der Waals surface area contributed by atoms with Crippen molar-refractivity contribution in [2.24, 2.45) is 0 Å². The van der Waals surface area contributed by atoms with Crippen LogP contribution in [-0.2, 0) is 16.6 Å². The van der Waals surface area contributed by atoms with E-state index < -0.39 is 15.8 Å². The zero-order chi connectivity index (χ0) is 11.8. The molecule has 0 spiro atoms. The molecule has 1 aromatic carbocycles. The van der Waals surface area contributed by atoms with Crippen molar-refractivity contribution in [2.75, 3.05) is 18.0 Å². The van der Waals surface area contributed by atoms with Crippen molar-refractivity contribution >= 4 is 15.7 Å². The molecule has 0 amide bonds. The number of nitrogen functional groups attached to an aromatic ring is 1. The van der Waals surface area contributed by atoms with Gasteiger partial charge in [0, 0.05) is 24.3 Å². The van der Waals surface area contributed by atoms with E-state index >= 15 is 0 Å². The quantitative estimate of drug-likeness (QED) is 0.788. The number of anilines is 1. The Balaban J connectivity index is 2.21. The van der Waals surface area contributed by atoms with Gasteiger partial charge in [-0.1, -0.05) is 6.07 Å². The summed E-state index contributed by atoms with van der Waals surface area (Å²) < 4.78 is 37.8. The molecule has 2 N–H and O–H groups in total. The Morgan fingerprint density at radius 3 is 2.75 bits per heavy atom. The Labute approximate surface area is 93.9 Å². The molecule has 1 aromatic rings. The lowest BCUT2D eigenvalue weighted by atomic mass is 10.2. The molecule has 1 aliphatic heterocycles. The van der Waals surface area contributed by atoms with E-state index in [4.69, 9.17) is 5.73 Å². The van der Waals surface area contributed by atoms with Crippen molar-refractivity contribution < 1.29 is 12.8 Å². The van der Waals surface area contributed by atoms with Gasteiger partial charge in [-0.25, -0.2) is 12.8 Å². The van der Waals surface area contributed by atoms with Crippen LogP contribution < -0.4 is 5.73 Å². The van der Waals surface area contributed by atoms with Gasteiger partial charge >= 0.3 is 0 Å². The monoisotopic (exact) mass is 244 g/mol. The van der Waals surface area contributed by atoms with Gasteiger partial charge < -0.3 is 5.73 Å². The normalized spacial score (nSPS) is 20.1. The zero-order valence-electron chi connectivity index (χ0n) is 8.69. The fraction of sp³-hybridized carbons (Fsp3) is 0.400. The van der Waals surface area contributed by atoms with Crippen molar-refractivity contribution in [2.45, 2.75) is 13.0 Å². The van der Waals surface area contributed by atoms with E-state index in [2.05, 4.69) is 0 Å². The molecule has 1 fully saturated rings. The van der Waals surface area contributed by atoms with E-state index in [0.29, 0.717) is 24.2 Å². The lowest BCUT2D eigenvalue weighted by molar-refractivity contribution is 0.430. The fourth-order valence-electron chi connectivity index (χ4n) is 1.75. The maximum absolute atomic E-state index is 13.5. The minimum Gasteiger partial charge on any atom is -0.399 e. The van der Waals surface area contributed by atoms with Crippen molar-refractivity contribution in [1.29, 1.82) is 0 Å². The molecule has 0 bridgehead atoms. The lowest BCUT2D eigenvalue weighted by Gasteiger charge is -2.14. The molecule has 0 unspecified atom stereocenters. The van der Waals surface area contributed by atoms with Gasteiger partial charge in [0.15, 0.2) is 0 Å². The Kier molecular flexibility index (Phi) is 2.86. The second kappa shape index (κ2) is 4.03. The molecule has 1 heterocycles. The third kappa shape index (κ3) is 2.17. The van der Waals surface area contributed by atoms with E-state index in [9.17, 15) is 12.8 Å². The van der Waals surface area contributed by atoms with Gasteiger partial charge in [-0.2, -0.15) is 4.31 Å². The van der Waals surface area contributed by atoms with E-state index in [-0.39, 0.29) is 12.3 Å². The number of rotatable bonds is 2. The number of sulfonamides is 1. The predicted octanol–water partition coefficient (Wildman–Crippen LogP) is 0.943. The number of nitrogens with two attached hydrogens (primary N) is 1. The summed E-state index contributed by atoms with van der Waals surface area (Å²) in [4.78, 5) is 0. The first-order valence-corrected chi connectivity index (χ1v) is 6.62. The van der Waals surface area contributed by atoms with Crippen LogP contribution in [0.25, 0.3) is 0 Å². The lowest BCUT2D eigenvalue weighted by Crippen LogP contribution is -2.25. The van der Waals surface area contributed by atoms with Crippen LogP contribution in [0.5, 0.6) is 0 Å². The largest absolute Gasteiger partial charge is 0.399 e. The summed E-state index contributed by atoms with van der Waals surface area (Å²) in [6.45, 7) is 0.556. The van der Waals surface area contributed by atoms with Crippen LogP contribution in [0.15, 0.2) is 18.2 Å². The highest BCUT2D eigenvalue weighted by atomic mass is 32.2. The molecule has 0 aliphatic carbocycles. The predicted molar refractivity (Wildman–Crippen MR) is 59.6 cm³/mol. The molecular formula is C10H13FN2O2S. The number of hydrogen-bond donors (Lipinski definition) is 1. The molecule has 1 saturated heterocycles. The number of halogens is 1. The number of hydrogen-bond acceptors (Lipinski definition) is 3. The third-order valence-corrected chi connectivity index (χ3v) is 4.53. The van der Waals surface area contributed by atoms with Crippen molar-refractivity contribution in [3.63, 3.8) is 0 Å². The molecule has 2 rings (SSSR count). The highest BCUT2D eigenvalue weighted by molar-refractivity contribution is 7.89. The number of benzene rings is 1. The molecule has 88 valence electrons. The minimum atomic E-state index is -3.18. The van der Waals surface area contributed by atoms with Crippen LogP contribution in [0.2, 0.25) is 0 Å². The second-order valence-corrected chi connectivity index (χ2v) is 5.94. The summed E-state index contributed by atoms with van der Waals surface area (Å²) in [5.41, 5.74) is 6.12. The number of nitrogens with zero attached hydrogens (tertiary/aromatic N) is 1. The summed E-state index contributed by atoms with van der Waals surface area (Å²) in [7, 11) is -3.18. The fourth-order valence-corrected chi connectivity index (χ4v) is 3.25. The summed E-state index contributed by atoms with van der Waals surface area (Å²) in [6.07, 6.45) is 0.610. The SMILES string of the molecule is Nc1ccc(CN2CCCS2(=O)=O)c(F)c1. The van der Waals surface area contributed by atoms with E-state index in [1.165, 1.54) is 16.4 Å². The van der Waals surface area contributed by atoms with Crippen LogP contribution in [0.1, 0.15) is 12.0 Å². The average Bonchev–Trinajstić information content (AvgIpc) is 2.50. The maximum atomic E-state index is 13.5. The van der Waals surface area contributed by atoms with Crippen LogP contribution >= 0.6 is 0 Å². The minimum absolute atomic E-state index is 0.0917. The van der Waals surface area contributed by atoms with Crippen LogP contribution in [-0.4, -0.2) is 25.0 Å². The van der Waals surface area contributed by atoms with Crippen molar-refractivity contribution in [3.05, 3.63) is 29.6 Å². The molecule has 6 heteroatoms. The first-order chi connectivity index (χ1) is 7.49. The van der Waals surface area contributed by atoms with Crippen LogP contribution in [0.3, 0.4) is 0 Å². The first-order valence-electron chi connectivity index (χ1n) is 5.01. The van der Waals surface area contributed by atoms with E-state index in [1.54, 1.807) is 6.07 Å².